The summed E-state index contributed by atoms with van der Waals surface area (Å²) < 4.78 is 15.0. The maximum atomic E-state index is 12.3. The van der Waals surface area contributed by atoms with Crippen molar-refractivity contribution in [1.82, 2.24) is 14.7 Å². The number of aromatic nitrogens is 2. The first-order valence-corrected chi connectivity index (χ1v) is 15.5. The highest BCUT2D eigenvalue weighted by Gasteiger charge is 2.41. The Kier molecular flexibility index (Phi) is 8.61. The summed E-state index contributed by atoms with van der Waals surface area (Å²) in [4.78, 5) is 13.9. The van der Waals surface area contributed by atoms with E-state index in [-0.39, 0.29) is 17.1 Å². The molecule has 1 saturated carbocycles. The zero-order chi connectivity index (χ0) is 22.6. The van der Waals surface area contributed by atoms with Gasteiger partial charge in [-0.1, -0.05) is 33.5 Å². The Morgan fingerprint density at radius 2 is 2.00 bits per heavy atom. The molecule has 172 valence electrons. The molecule has 0 saturated heterocycles. The lowest BCUT2D eigenvalue weighted by Gasteiger charge is -2.45. The summed E-state index contributed by atoms with van der Waals surface area (Å²) in [6.45, 7) is 15.8. The zero-order valence-electron chi connectivity index (χ0n) is 19.9. The second-order valence-corrected chi connectivity index (χ2v) is 17.3. The summed E-state index contributed by atoms with van der Waals surface area (Å²) in [6.07, 6.45) is 5.94. The van der Waals surface area contributed by atoms with E-state index in [1.54, 1.807) is 11.9 Å². The van der Waals surface area contributed by atoms with Crippen molar-refractivity contribution >= 4 is 30.1 Å². The van der Waals surface area contributed by atoms with Crippen molar-refractivity contribution in [3.05, 3.63) is 16.4 Å². The molecule has 0 aliphatic heterocycles. The van der Waals surface area contributed by atoms with Gasteiger partial charge >= 0.3 is 6.09 Å². The van der Waals surface area contributed by atoms with Crippen LogP contribution in [0.15, 0.2) is 10.7 Å². The minimum Gasteiger partial charge on any atom is -0.450 e. The standard InChI is InChI=1S/C22H40BrN3O3Si/c1-18-19(23)15-24-26(18)17-22(10-8-9-21(2,3)16-22)29-12-11-25(4)20(27)28-13-14-30(5,6)7/h15H,8-14,16-17H2,1-7H3. The van der Waals surface area contributed by atoms with Gasteiger partial charge < -0.3 is 14.4 Å². The minimum absolute atomic E-state index is 0.234. The van der Waals surface area contributed by atoms with Gasteiger partial charge in [0.1, 0.15) is 0 Å². The van der Waals surface area contributed by atoms with Crippen LogP contribution in [0.3, 0.4) is 0 Å². The van der Waals surface area contributed by atoms with Crippen molar-refractivity contribution in [1.29, 1.82) is 0 Å². The molecule has 1 aromatic heterocycles. The fourth-order valence-electron chi connectivity index (χ4n) is 4.14. The lowest BCUT2D eigenvalue weighted by Crippen LogP contribution is -2.46. The summed E-state index contributed by atoms with van der Waals surface area (Å²) in [5.74, 6) is 0. The fraction of sp³-hybridized carbons (Fsp3) is 0.818. The Morgan fingerprint density at radius 3 is 2.57 bits per heavy atom. The first-order chi connectivity index (χ1) is 13.8. The highest BCUT2D eigenvalue weighted by molar-refractivity contribution is 9.10. The molecule has 6 nitrogen and oxygen atoms in total. The van der Waals surface area contributed by atoms with E-state index in [4.69, 9.17) is 9.47 Å². The number of halogens is 1. The number of ether oxygens (including phenoxy) is 2. The van der Waals surface area contributed by atoms with E-state index in [9.17, 15) is 4.79 Å². The molecular formula is C22H40BrN3O3Si. The number of rotatable bonds is 9. The van der Waals surface area contributed by atoms with Gasteiger partial charge in [0.2, 0.25) is 0 Å². The number of nitrogens with zero attached hydrogens (tertiary/aromatic N) is 3. The van der Waals surface area contributed by atoms with E-state index in [1.165, 1.54) is 6.42 Å². The molecule has 0 aromatic carbocycles. The van der Waals surface area contributed by atoms with Gasteiger partial charge in [-0.2, -0.15) is 5.10 Å². The average molecular weight is 503 g/mol. The van der Waals surface area contributed by atoms with Gasteiger partial charge in [-0.05, 0) is 60.0 Å². The summed E-state index contributed by atoms with van der Waals surface area (Å²) in [5, 5.41) is 4.54. The third-order valence-corrected chi connectivity index (χ3v) is 8.47. The molecule has 0 N–H and O–H groups in total. The normalized spacial score (nSPS) is 21.5. The van der Waals surface area contributed by atoms with E-state index < -0.39 is 8.07 Å². The number of likely N-dealkylation sites (N-methyl/N-ethyl adjacent to an activating group) is 1. The molecule has 0 radical (unpaired) electrons. The molecular weight excluding hydrogens is 462 g/mol. The monoisotopic (exact) mass is 501 g/mol. The SMILES string of the molecule is Cc1c(Br)cnn1CC1(OCCN(C)C(=O)OCC[Si](C)(C)C)CCCC(C)(C)C1. The van der Waals surface area contributed by atoms with Crippen molar-refractivity contribution < 1.29 is 14.3 Å². The van der Waals surface area contributed by atoms with Gasteiger partial charge in [-0.3, -0.25) is 4.68 Å². The lowest BCUT2D eigenvalue weighted by molar-refractivity contribution is -0.112. The summed E-state index contributed by atoms with van der Waals surface area (Å²) in [7, 11) is 0.582. The topological polar surface area (TPSA) is 56.6 Å². The Hall–Kier alpha value is -0.863. The molecule has 2 rings (SSSR count). The van der Waals surface area contributed by atoms with E-state index in [2.05, 4.69) is 61.4 Å². The third kappa shape index (κ3) is 7.68. The van der Waals surface area contributed by atoms with Gasteiger partial charge in [0.25, 0.3) is 0 Å². The highest BCUT2D eigenvalue weighted by Crippen LogP contribution is 2.44. The predicted octanol–water partition coefficient (Wildman–Crippen LogP) is 5.72. The van der Waals surface area contributed by atoms with Crippen LogP contribution in [-0.4, -0.2) is 61.3 Å². The summed E-state index contributed by atoms with van der Waals surface area (Å²) in [6, 6.07) is 0.986. The molecule has 0 spiro atoms. The minimum atomic E-state index is -1.20. The molecule has 0 bridgehead atoms. The number of hydrogen-bond donors (Lipinski definition) is 0. The number of carbonyl (C=O) groups is 1. The van der Waals surface area contributed by atoms with Crippen molar-refractivity contribution in [2.45, 2.75) is 84.3 Å². The highest BCUT2D eigenvalue weighted by atomic mass is 79.9. The number of amides is 1. The van der Waals surface area contributed by atoms with E-state index in [0.29, 0.717) is 19.8 Å². The van der Waals surface area contributed by atoms with E-state index in [0.717, 1.165) is 42.0 Å². The maximum absolute atomic E-state index is 12.3. The Balaban J connectivity index is 1.94. The number of hydrogen-bond acceptors (Lipinski definition) is 4. The maximum Gasteiger partial charge on any atom is 0.409 e. The van der Waals surface area contributed by atoms with Crippen LogP contribution >= 0.6 is 15.9 Å². The quantitative estimate of drug-likeness (QED) is 0.406. The first kappa shape index (κ1) is 25.4. The second kappa shape index (κ2) is 10.2. The fourth-order valence-corrected chi connectivity index (χ4v) is 5.15. The largest absolute Gasteiger partial charge is 0.450 e. The van der Waals surface area contributed by atoms with Gasteiger partial charge in [-0.15, -0.1) is 0 Å². The van der Waals surface area contributed by atoms with Crippen molar-refractivity contribution in [3.63, 3.8) is 0 Å². The van der Waals surface area contributed by atoms with Gasteiger partial charge in [0.05, 0.1) is 36.0 Å². The molecule has 1 amide bonds. The molecule has 1 unspecified atom stereocenters. The summed E-state index contributed by atoms with van der Waals surface area (Å²) in [5.41, 5.74) is 1.09. The third-order valence-electron chi connectivity index (χ3n) is 5.99. The molecule has 1 atom stereocenters. The van der Waals surface area contributed by atoms with E-state index >= 15 is 0 Å². The van der Waals surface area contributed by atoms with Crippen LogP contribution in [0.4, 0.5) is 4.79 Å². The van der Waals surface area contributed by atoms with Crippen molar-refractivity contribution in [2.24, 2.45) is 5.41 Å². The zero-order valence-corrected chi connectivity index (χ0v) is 22.5. The van der Waals surface area contributed by atoms with Crippen LogP contribution in [-0.2, 0) is 16.0 Å². The molecule has 1 aliphatic carbocycles. The average Bonchev–Trinajstić information content (AvgIpc) is 2.91. The molecule has 1 heterocycles. The van der Waals surface area contributed by atoms with Crippen molar-refractivity contribution in [2.75, 3.05) is 26.8 Å². The van der Waals surface area contributed by atoms with Gasteiger partial charge in [0.15, 0.2) is 0 Å². The Labute approximate surface area is 191 Å². The van der Waals surface area contributed by atoms with Crippen LogP contribution in [0.5, 0.6) is 0 Å². The molecule has 30 heavy (non-hydrogen) atoms. The Morgan fingerprint density at radius 1 is 1.30 bits per heavy atom. The molecule has 1 fully saturated rings. The van der Waals surface area contributed by atoms with Crippen LogP contribution in [0.2, 0.25) is 25.7 Å². The van der Waals surface area contributed by atoms with Crippen LogP contribution < -0.4 is 0 Å². The number of carbonyl (C=O) groups excluding carboxylic acids is 1. The Bertz CT molecular complexity index is 717. The van der Waals surface area contributed by atoms with Gasteiger partial charge in [0, 0.05) is 27.4 Å². The molecule has 1 aliphatic rings. The smallest absolute Gasteiger partial charge is 0.409 e. The summed E-state index contributed by atoms with van der Waals surface area (Å²) >= 11 is 3.56. The molecule has 8 heteroatoms. The first-order valence-electron chi connectivity index (χ1n) is 11.0. The van der Waals surface area contributed by atoms with Crippen LogP contribution in [0, 0.1) is 12.3 Å². The van der Waals surface area contributed by atoms with Crippen LogP contribution in [0.25, 0.3) is 0 Å². The lowest BCUT2D eigenvalue weighted by atomic mass is 9.69. The van der Waals surface area contributed by atoms with Crippen molar-refractivity contribution in [3.8, 4) is 0 Å². The van der Waals surface area contributed by atoms with Crippen LogP contribution in [0.1, 0.15) is 45.2 Å². The second-order valence-electron chi connectivity index (χ2n) is 10.8. The van der Waals surface area contributed by atoms with E-state index in [1.807, 2.05) is 10.9 Å². The predicted molar refractivity (Wildman–Crippen MR) is 128 cm³/mol. The molecule has 1 aromatic rings. The van der Waals surface area contributed by atoms with Gasteiger partial charge in [-0.25, -0.2) is 4.79 Å².